The fourth-order valence-corrected chi connectivity index (χ4v) is 3.41. The number of carbonyl (C=O) groups is 1. The van der Waals surface area contributed by atoms with E-state index in [4.69, 9.17) is 4.74 Å². The number of hydrogen-bond donors (Lipinski definition) is 1. The second-order valence-electron chi connectivity index (χ2n) is 5.55. The van der Waals surface area contributed by atoms with Crippen LogP contribution in [0.2, 0.25) is 0 Å². The third-order valence-electron chi connectivity index (χ3n) is 3.68. The molecule has 0 spiro atoms. The molecule has 7 heteroatoms. The quantitative estimate of drug-likeness (QED) is 0.644. The van der Waals surface area contributed by atoms with Gasteiger partial charge < -0.3 is 14.6 Å². The smallest absolute Gasteiger partial charge is 0.242 e. The molecule has 26 heavy (non-hydrogen) atoms. The molecule has 1 amide bonds. The van der Waals surface area contributed by atoms with E-state index in [9.17, 15) is 4.79 Å². The molecule has 0 saturated carbocycles. The molecular weight excluding hydrogens is 348 g/mol. The molecule has 3 rings (SSSR count). The molecule has 0 unspecified atom stereocenters. The monoisotopic (exact) mass is 368 g/mol. The summed E-state index contributed by atoms with van der Waals surface area (Å²) in [7, 11) is 1.85. The Labute approximate surface area is 156 Å². The number of anilines is 1. The van der Waals surface area contributed by atoms with Crippen molar-refractivity contribution < 1.29 is 9.53 Å². The summed E-state index contributed by atoms with van der Waals surface area (Å²) in [6.45, 7) is 2.44. The Bertz CT molecular complexity index is 867. The minimum atomic E-state index is -0.464. The van der Waals surface area contributed by atoms with Crippen molar-refractivity contribution in [2.45, 2.75) is 17.3 Å². The SMILES string of the molecule is CCOc1ccccc1NC(=O)[C@H](Sc1nncn1C)c1ccccc1. The fourth-order valence-electron chi connectivity index (χ4n) is 2.44. The Morgan fingerprint density at radius 2 is 1.92 bits per heavy atom. The third-order valence-corrected chi connectivity index (χ3v) is 4.98. The van der Waals surface area contributed by atoms with Crippen LogP contribution in [0.15, 0.2) is 66.1 Å². The van der Waals surface area contributed by atoms with Crippen LogP contribution in [-0.2, 0) is 11.8 Å². The number of ether oxygens (including phenoxy) is 1. The molecule has 0 aliphatic heterocycles. The number of amides is 1. The average Bonchev–Trinajstić information content (AvgIpc) is 3.07. The molecule has 0 radical (unpaired) electrons. The Balaban J connectivity index is 1.87. The minimum Gasteiger partial charge on any atom is -0.492 e. The second kappa shape index (κ2) is 8.53. The zero-order valence-corrected chi connectivity index (χ0v) is 15.4. The number of hydrogen-bond acceptors (Lipinski definition) is 5. The summed E-state index contributed by atoms with van der Waals surface area (Å²) >= 11 is 1.36. The van der Waals surface area contributed by atoms with Gasteiger partial charge in [-0.15, -0.1) is 10.2 Å². The van der Waals surface area contributed by atoms with E-state index in [-0.39, 0.29) is 5.91 Å². The van der Waals surface area contributed by atoms with Crippen molar-refractivity contribution in [3.05, 3.63) is 66.5 Å². The zero-order valence-electron chi connectivity index (χ0n) is 14.6. The lowest BCUT2D eigenvalue weighted by Crippen LogP contribution is -2.20. The predicted octanol–water partition coefficient (Wildman–Crippen LogP) is 3.69. The van der Waals surface area contributed by atoms with Gasteiger partial charge >= 0.3 is 0 Å². The standard InChI is InChI=1S/C19H20N4O2S/c1-3-25-16-12-8-7-11-15(16)21-18(24)17(14-9-5-4-6-10-14)26-19-22-20-13-23(19)2/h4-13,17H,3H2,1-2H3,(H,21,24)/t17-/m1/s1. The van der Waals surface area contributed by atoms with Gasteiger partial charge in [0, 0.05) is 7.05 Å². The lowest BCUT2D eigenvalue weighted by molar-refractivity contribution is -0.115. The molecule has 0 saturated heterocycles. The molecule has 6 nitrogen and oxygen atoms in total. The number of aromatic nitrogens is 3. The van der Waals surface area contributed by atoms with Crippen LogP contribution in [-0.4, -0.2) is 27.3 Å². The summed E-state index contributed by atoms with van der Waals surface area (Å²) in [6, 6.07) is 17.0. The van der Waals surface area contributed by atoms with Crippen LogP contribution in [0.1, 0.15) is 17.7 Å². The maximum atomic E-state index is 13.1. The topological polar surface area (TPSA) is 69.0 Å². The number of nitrogens with one attached hydrogen (secondary N) is 1. The van der Waals surface area contributed by atoms with Crippen LogP contribution in [0.25, 0.3) is 0 Å². The van der Waals surface area contributed by atoms with Gasteiger partial charge in [0.05, 0.1) is 12.3 Å². The molecule has 134 valence electrons. The van der Waals surface area contributed by atoms with Crippen LogP contribution < -0.4 is 10.1 Å². The van der Waals surface area contributed by atoms with Crippen molar-refractivity contribution in [2.75, 3.05) is 11.9 Å². The Morgan fingerprint density at radius 1 is 1.19 bits per heavy atom. The van der Waals surface area contributed by atoms with Gasteiger partial charge in [0.1, 0.15) is 17.3 Å². The van der Waals surface area contributed by atoms with E-state index in [1.54, 1.807) is 10.9 Å². The van der Waals surface area contributed by atoms with Gasteiger partial charge in [-0.25, -0.2) is 0 Å². The highest BCUT2D eigenvalue weighted by Crippen LogP contribution is 2.35. The van der Waals surface area contributed by atoms with Gasteiger partial charge in [-0.1, -0.05) is 54.2 Å². The lowest BCUT2D eigenvalue weighted by atomic mass is 10.1. The van der Waals surface area contributed by atoms with Crippen LogP contribution >= 0.6 is 11.8 Å². The van der Waals surface area contributed by atoms with E-state index < -0.39 is 5.25 Å². The van der Waals surface area contributed by atoms with Crippen LogP contribution in [0.5, 0.6) is 5.75 Å². The first-order valence-electron chi connectivity index (χ1n) is 8.27. The van der Waals surface area contributed by atoms with E-state index >= 15 is 0 Å². The maximum Gasteiger partial charge on any atom is 0.242 e. The number of para-hydroxylation sites is 2. The van der Waals surface area contributed by atoms with Crippen LogP contribution in [0.4, 0.5) is 5.69 Å². The van der Waals surface area contributed by atoms with Crippen molar-refractivity contribution in [1.29, 1.82) is 0 Å². The summed E-state index contributed by atoms with van der Waals surface area (Å²) in [5.74, 6) is 0.509. The minimum absolute atomic E-state index is 0.142. The maximum absolute atomic E-state index is 13.1. The highest BCUT2D eigenvalue weighted by molar-refractivity contribution is 8.00. The molecule has 1 atom stereocenters. The summed E-state index contributed by atoms with van der Waals surface area (Å²) in [6.07, 6.45) is 1.62. The largest absolute Gasteiger partial charge is 0.492 e. The number of carbonyl (C=O) groups excluding carboxylic acids is 1. The molecule has 1 heterocycles. The van der Waals surface area contributed by atoms with E-state index in [0.717, 1.165) is 5.56 Å². The van der Waals surface area contributed by atoms with E-state index in [1.165, 1.54) is 11.8 Å². The van der Waals surface area contributed by atoms with E-state index in [0.29, 0.717) is 23.2 Å². The number of aryl methyl sites for hydroxylation is 1. The fraction of sp³-hybridized carbons (Fsp3) is 0.211. The van der Waals surface area contributed by atoms with Crippen molar-refractivity contribution in [2.24, 2.45) is 7.05 Å². The van der Waals surface area contributed by atoms with Crippen molar-refractivity contribution >= 4 is 23.4 Å². The van der Waals surface area contributed by atoms with Gasteiger partial charge in [-0.05, 0) is 24.6 Å². The van der Waals surface area contributed by atoms with Gasteiger partial charge in [0.2, 0.25) is 5.91 Å². The summed E-state index contributed by atoms with van der Waals surface area (Å²) in [4.78, 5) is 13.1. The summed E-state index contributed by atoms with van der Waals surface area (Å²) in [5.41, 5.74) is 1.55. The highest BCUT2D eigenvalue weighted by atomic mass is 32.2. The van der Waals surface area contributed by atoms with Gasteiger partial charge in [-0.3, -0.25) is 4.79 Å². The van der Waals surface area contributed by atoms with Crippen LogP contribution in [0.3, 0.4) is 0 Å². The van der Waals surface area contributed by atoms with E-state index in [1.807, 2.05) is 68.6 Å². The molecular formula is C19H20N4O2S. The summed E-state index contributed by atoms with van der Waals surface area (Å²) < 4.78 is 7.39. The van der Waals surface area contributed by atoms with Crippen LogP contribution in [0, 0.1) is 0 Å². The Morgan fingerprint density at radius 3 is 2.62 bits per heavy atom. The number of thioether (sulfide) groups is 1. The predicted molar refractivity (Wildman–Crippen MR) is 102 cm³/mol. The normalized spacial score (nSPS) is 11.8. The first kappa shape index (κ1) is 18.0. The molecule has 0 aliphatic carbocycles. The van der Waals surface area contributed by atoms with Gasteiger partial charge in [0.15, 0.2) is 5.16 Å². The Hall–Kier alpha value is -2.80. The second-order valence-corrected chi connectivity index (χ2v) is 6.62. The average molecular weight is 368 g/mol. The first-order chi connectivity index (χ1) is 12.7. The first-order valence-corrected chi connectivity index (χ1v) is 9.15. The zero-order chi connectivity index (χ0) is 18.4. The molecule has 0 aliphatic rings. The third kappa shape index (κ3) is 4.23. The number of nitrogens with zero attached hydrogens (tertiary/aromatic N) is 3. The molecule has 0 bridgehead atoms. The van der Waals surface area contributed by atoms with E-state index in [2.05, 4.69) is 15.5 Å². The summed E-state index contributed by atoms with van der Waals surface area (Å²) in [5, 5.41) is 11.2. The molecule has 1 N–H and O–H groups in total. The molecule has 1 aromatic heterocycles. The lowest BCUT2D eigenvalue weighted by Gasteiger charge is -2.18. The molecule has 2 aromatic carbocycles. The molecule has 0 fully saturated rings. The van der Waals surface area contributed by atoms with Gasteiger partial charge in [-0.2, -0.15) is 0 Å². The van der Waals surface area contributed by atoms with Crippen molar-refractivity contribution in [3.63, 3.8) is 0 Å². The highest BCUT2D eigenvalue weighted by Gasteiger charge is 2.25. The Kier molecular flexibility index (Phi) is 5.91. The number of benzene rings is 2. The number of rotatable bonds is 7. The van der Waals surface area contributed by atoms with Crippen molar-refractivity contribution in [1.82, 2.24) is 14.8 Å². The van der Waals surface area contributed by atoms with Crippen molar-refractivity contribution in [3.8, 4) is 5.75 Å². The van der Waals surface area contributed by atoms with Gasteiger partial charge in [0.25, 0.3) is 0 Å². The molecule has 3 aromatic rings.